The van der Waals surface area contributed by atoms with Gasteiger partial charge < -0.3 is 15.4 Å². The van der Waals surface area contributed by atoms with Crippen LogP contribution in [0.15, 0.2) is 48.5 Å². The van der Waals surface area contributed by atoms with E-state index in [4.69, 9.17) is 10.5 Å². The molecule has 5 nitrogen and oxygen atoms in total. The Morgan fingerprint density at radius 1 is 1.25 bits per heavy atom. The van der Waals surface area contributed by atoms with Crippen molar-refractivity contribution in [2.24, 2.45) is 11.7 Å². The Kier molecular flexibility index (Phi) is 4.46. The van der Waals surface area contributed by atoms with E-state index in [-0.39, 0.29) is 18.3 Å². The van der Waals surface area contributed by atoms with Crippen LogP contribution < -0.4 is 15.4 Å². The summed E-state index contributed by atoms with van der Waals surface area (Å²) < 4.78 is 18.7. The lowest BCUT2D eigenvalue weighted by Gasteiger charge is -2.17. The van der Waals surface area contributed by atoms with Gasteiger partial charge in [0.1, 0.15) is 24.1 Å². The molecule has 0 spiro atoms. The van der Waals surface area contributed by atoms with Gasteiger partial charge in [0.15, 0.2) is 0 Å². The Hall–Kier alpha value is -2.89. The lowest BCUT2D eigenvalue weighted by Crippen LogP contribution is -2.33. The maximum Gasteiger partial charge on any atom is 0.239 e. The van der Waals surface area contributed by atoms with Crippen LogP contribution in [-0.4, -0.2) is 18.4 Å². The minimum Gasteiger partial charge on any atom is -0.489 e. The number of primary amides is 1. The summed E-state index contributed by atoms with van der Waals surface area (Å²) >= 11 is 0. The molecule has 2 aromatic rings. The highest BCUT2D eigenvalue weighted by molar-refractivity contribution is 6.09. The predicted molar refractivity (Wildman–Crippen MR) is 86.8 cm³/mol. The van der Waals surface area contributed by atoms with E-state index in [2.05, 4.69) is 0 Å². The molecule has 0 radical (unpaired) electrons. The van der Waals surface area contributed by atoms with E-state index in [1.807, 2.05) is 0 Å². The third kappa shape index (κ3) is 3.37. The number of hydrogen-bond donors (Lipinski definition) is 1. The third-order valence-corrected chi connectivity index (χ3v) is 3.99. The fraction of sp³-hybridized carbons (Fsp3) is 0.222. The number of hydrogen-bond acceptors (Lipinski definition) is 3. The molecule has 2 amide bonds. The van der Waals surface area contributed by atoms with Crippen molar-refractivity contribution < 1.29 is 18.7 Å². The van der Waals surface area contributed by atoms with Crippen molar-refractivity contribution in [3.63, 3.8) is 0 Å². The van der Waals surface area contributed by atoms with Gasteiger partial charge in [-0.25, -0.2) is 4.39 Å². The standard InChI is InChI=1S/C18H17FN2O3/c19-13-3-1-2-12(10-13)11-24-15-6-4-14(5-7-15)21-9-8-16(17(20)22)18(21)23/h1-7,10,16H,8-9,11H2,(H2,20,22)/t16-/m0/s1. The monoisotopic (exact) mass is 328 g/mol. The zero-order chi connectivity index (χ0) is 17.1. The van der Waals surface area contributed by atoms with Crippen molar-refractivity contribution in [2.45, 2.75) is 13.0 Å². The van der Waals surface area contributed by atoms with Gasteiger partial charge in [-0.15, -0.1) is 0 Å². The fourth-order valence-electron chi connectivity index (χ4n) is 2.72. The van der Waals surface area contributed by atoms with E-state index >= 15 is 0 Å². The van der Waals surface area contributed by atoms with Crippen LogP contribution in [0.5, 0.6) is 5.75 Å². The minimum absolute atomic E-state index is 0.253. The number of anilines is 1. The first kappa shape index (κ1) is 16.0. The molecule has 0 bridgehead atoms. The summed E-state index contributed by atoms with van der Waals surface area (Å²) in [6.45, 7) is 0.722. The van der Waals surface area contributed by atoms with E-state index in [0.29, 0.717) is 24.4 Å². The summed E-state index contributed by atoms with van der Waals surface area (Å²) in [6.07, 6.45) is 0.436. The predicted octanol–water partition coefficient (Wildman–Crippen LogP) is 2.24. The van der Waals surface area contributed by atoms with Crippen molar-refractivity contribution in [3.05, 3.63) is 59.9 Å². The number of carbonyl (C=O) groups is 2. The van der Waals surface area contributed by atoms with Gasteiger partial charge >= 0.3 is 0 Å². The number of nitrogens with zero attached hydrogens (tertiary/aromatic N) is 1. The minimum atomic E-state index is -0.742. The Balaban J connectivity index is 1.63. The smallest absolute Gasteiger partial charge is 0.239 e. The summed E-state index contributed by atoms with van der Waals surface area (Å²) in [5.41, 5.74) is 6.66. The lowest BCUT2D eigenvalue weighted by atomic mass is 10.1. The molecular formula is C18H17FN2O3. The normalized spacial score (nSPS) is 17.1. The number of amides is 2. The first-order chi connectivity index (χ1) is 11.5. The van der Waals surface area contributed by atoms with Crippen LogP contribution in [-0.2, 0) is 16.2 Å². The molecule has 2 aromatic carbocycles. The molecule has 1 aliphatic heterocycles. The Bertz CT molecular complexity index is 761. The molecule has 1 fully saturated rings. The molecule has 1 heterocycles. The number of benzene rings is 2. The zero-order valence-corrected chi connectivity index (χ0v) is 12.9. The van der Waals surface area contributed by atoms with Crippen LogP contribution in [0.1, 0.15) is 12.0 Å². The highest BCUT2D eigenvalue weighted by atomic mass is 19.1. The third-order valence-electron chi connectivity index (χ3n) is 3.99. The number of ether oxygens (including phenoxy) is 1. The van der Waals surface area contributed by atoms with E-state index in [1.165, 1.54) is 12.1 Å². The largest absolute Gasteiger partial charge is 0.489 e. The van der Waals surface area contributed by atoms with Gasteiger partial charge in [-0.1, -0.05) is 12.1 Å². The summed E-state index contributed by atoms with van der Waals surface area (Å²) in [5, 5.41) is 0. The Morgan fingerprint density at radius 2 is 2.00 bits per heavy atom. The lowest BCUT2D eigenvalue weighted by molar-refractivity contribution is -0.130. The highest BCUT2D eigenvalue weighted by Gasteiger charge is 2.36. The molecule has 1 saturated heterocycles. The molecule has 0 aliphatic carbocycles. The first-order valence-corrected chi connectivity index (χ1v) is 7.62. The molecule has 3 rings (SSSR count). The molecule has 0 unspecified atom stereocenters. The zero-order valence-electron chi connectivity index (χ0n) is 12.9. The second-order valence-electron chi connectivity index (χ2n) is 5.65. The van der Waals surface area contributed by atoms with Crippen molar-refractivity contribution >= 4 is 17.5 Å². The van der Waals surface area contributed by atoms with Gasteiger partial charge in [0.05, 0.1) is 0 Å². The van der Waals surface area contributed by atoms with E-state index in [1.54, 1.807) is 41.3 Å². The van der Waals surface area contributed by atoms with Crippen LogP contribution in [0.3, 0.4) is 0 Å². The van der Waals surface area contributed by atoms with Crippen molar-refractivity contribution in [3.8, 4) is 5.75 Å². The first-order valence-electron chi connectivity index (χ1n) is 7.62. The van der Waals surface area contributed by atoms with Crippen LogP contribution >= 0.6 is 0 Å². The molecule has 1 aliphatic rings. The maximum atomic E-state index is 13.1. The number of carbonyl (C=O) groups excluding carboxylic acids is 2. The van der Waals surface area contributed by atoms with Gasteiger partial charge in [-0.05, 0) is 48.4 Å². The van der Waals surface area contributed by atoms with Gasteiger partial charge in [-0.3, -0.25) is 9.59 Å². The number of halogens is 1. The molecule has 6 heteroatoms. The van der Waals surface area contributed by atoms with Crippen molar-refractivity contribution in [1.82, 2.24) is 0 Å². The highest BCUT2D eigenvalue weighted by Crippen LogP contribution is 2.27. The molecule has 0 aromatic heterocycles. The average Bonchev–Trinajstić information content (AvgIpc) is 2.95. The quantitative estimate of drug-likeness (QED) is 0.856. The molecular weight excluding hydrogens is 311 g/mol. The number of rotatable bonds is 5. The van der Waals surface area contributed by atoms with Gasteiger partial charge in [-0.2, -0.15) is 0 Å². The molecule has 124 valence electrons. The molecule has 2 N–H and O–H groups in total. The molecule has 24 heavy (non-hydrogen) atoms. The van der Waals surface area contributed by atoms with Gasteiger partial charge in [0.2, 0.25) is 11.8 Å². The van der Waals surface area contributed by atoms with Gasteiger partial charge in [0, 0.05) is 12.2 Å². The Labute approximate surface area is 138 Å². The summed E-state index contributed by atoms with van der Waals surface area (Å²) in [5.74, 6) is -1.29. The van der Waals surface area contributed by atoms with E-state index < -0.39 is 11.8 Å². The van der Waals surface area contributed by atoms with E-state index in [9.17, 15) is 14.0 Å². The fourth-order valence-corrected chi connectivity index (χ4v) is 2.72. The van der Waals surface area contributed by atoms with Crippen LogP contribution in [0.2, 0.25) is 0 Å². The molecule has 1 atom stereocenters. The second kappa shape index (κ2) is 6.70. The summed E-state index contributed by atoms with van der Waals surface area (Å²) in [4.78, 5) is 24.9. The molecule has 0 saturated carbocycles. The van der Waals surface area contributed by atoms with Crippen molar-refractivity contribution in [1.29, 1.82) is 0 Å². The maximum absolute atomic E-state index is 13.1. The Morgan fingerprint density at radius 3 is 2.62 bits per heavy atom. The topological polar surface area (TPSA) is 72.6 Å². The average molecular weight is 328 g/mol. The number of nitrogens with two attached hydrogens (primary N) is 1. The van der Waals surface area contributed by atoms with Crippen LogP contribution in [0.4, 0.5) is 10.1 Å². The van der Waals surface area contributed by atoms with Crippen LogP contribution in [0, 0.1) is 11.7 Å². The SMILES string of the molecule is NC(=O)[C@@H]1CCN(c2ccc(OCc3cccc(F)c3)cc2)C1=O. The van der Waals surface area contributed by atoms with Gasteiger partial charge in [0.25, 0.3) is 0 Å². The van der Waals surface area contributed by atoms with E-state index in [0.717, 1.165) is 5.56 Å². The summed E-state index contributed by atoms with van der Waals surface area (Å²) in [7, 11) is 0. The van der Waals surface area contributed by atoms with Crippen molar-refractivity contribution in [2.75, 3.05) is 11.4 Å². The summed E-state index contributed by atoms with van der Waals surface area (Å²) in [6, 6.07) is 13.2. The van der Waals surface area contributed by atoms with Crippen LogP contribution in [0.25, 0.3) is 0 Å². The second-order valence-corrected chi connectivity index (χ2v) is 5.65.